The number of aromatic carboxylic acids is 1. The molecule has 4 nitrogen and oxygen atoms in total. The lowest BCUT2D eigenvalue weighted by Gasteiger charge is -1.92. The molecule has 1 aromatic carbocycles. The first-order chi connectivity index (χ1) is 8.66. The molecule has 0 aliphatic carbocycles. The van der Waals surface area contributed by atoms with Gasteiger partial charge in [0.15, 0.2) is 5.58 Å². The van der Waals surface area contributed by atoms with Crippen LogP contribution in [0.3, 0.4) is 0 Å². The Morgan fingerprint density at radius 1 is 1.39 bits per heavy atom. The number of carbonyl (C=O) groups is 1. The number of benzene rings is 1. The number of hydrogen-bond acceptors (Lipinski definition) is 4. The standard InChI is InChI=1S/C13H9NO3S/c1-7-5-6-18-11(7)12-14-10-8(13(15)16)3-2-4-9(10)17-12/h2-6H,1H3,(H,15,16). The molecular weight excluding hydrogens is 250 g/mol. The molecule has 0 spiro atoms. The highest BCUT2D eigenvalue weighted by molar-refractivity contribution is 7.13. The van der Waals surface area contributed by atoms with Gasteiger partial charge in [0.05, 0.1) is 10.4 Å². The normalized spacial score (nSPS) is 10.9. The molecule has 2 heterocycles. The van der Waals surface area contributed by atoms with E-state index in [0.29, 0.717) is 17.0 Å². The summed E-state index contributed by atoms with van der Waals surface area (Å²) in [5.41, 5.74) is 2.13. The van der Waals surface area contributed by atoms with Gasteiger partial charge in [-0.05, 0) is 36.1 Å². The zero-order valence-electron chi connectivity index (χ0n) is 9.51. The van der Waals surface area contributed by atoms with Gasteiger partial charge in [0.1, 0.15) is 5.52 Å². The van der Waals surface area contributed by atoms with Crippen LogP contribution >= 0.6 is 11.3 Å². The Morgan fingerprint density at radius 2 is 2.22 bits per heavy atom. The van der Waals surface area contributed by atoms with Crippen molar-refractivity contribution < 1.29 is 14.3 Å². The van der Waals surface area contributed by atoms with Crippen LogP contribution in [0.2, 0.25) is 0 Å². The van der Waals surface area contributed by atoms with Crippen molar-refractivity contribution in [1.82, 2.24) is 4.98 Å². The van der Waals surface area contributed by atoms with E-state index in [1.165, 1.54) is 17.4 Å². The largest absolute Gasteiger partial charge is 0.478 e. The maximum Gasteiger partial charge on any atom is 0.338 e. The third-order valence-electron chi connectivity index (χ3n) is 2.71. The zero-order chi connectivity index (χ0) is 12.7. The molecular formula is C13H9NO3S. The summed E-state index contributed by atoms with van der Waals surface area (Å²) in [7, 11) is 0. The first-order valence-corrected chi connectivity index (χ1v) is 6.22. The van der Waals surface area contributed by atoms with Crippen LogP contribution < -0.4 is 0 Å². The number of carboxylic acids is 1. The molecule has 18 heavy (non-hydrogen) atoms. The van der Waals surface area contributed by atoms with Crippen LogP contribution in [0, 0.1) is 6.92 Å². The van der Waals surface area contributed by atoms with Crippen molar-refractivity contribution in [2.75, 3.05) is 0 Å². The van der Waals surface area contributed by atoms with Gasteiger partial charge in [-0.3, -0.25) is 0 Å². The third kappa shape index (κ3) is 1.60. The van der Waals surface area contributed by atoms with E-state index in [9.17, 15) is 4.79 Å². The lowest BCUT2D eigenvalue weighted by molar-refractivity contribution is 0.0699. The Bertz CT molecular complexity index is 742. The summed E-state index contributed by atoms with van der Waals surface area (Å²) in [6, 6.07) is 6.88. The number of rotatable bonds is 2. The molecule has 0 radical (unpaired) electrons. The van der Waals surface area contributed by atoms with Gasteiger partial charge < -0.3 is 9.52 Å². The van der Waals surface area contributed by atoms with Gasteiger partial charge in [0, 0.05) is 0 Å². The minimum atomic E-state index is -0.997. The summed E-state index contributed by atoms with van der Waals surface area (Å²) in [4.78, 5) is 16.3. The van der Waals surface area contributed by atoms with Crippen molar-refractivity contribution in [1.29, 1.82) is 0 Å². The maximum absolute atomic E-state index is 11.1. The molecule has 0 aliphatic rings. The van der Waals surface area contributed by atoms with E-state index in [2.05, 4.69) is 4.98 Å². The first kappa shape index (κ1) is 11.0. The van der Waals surface area contributed by atoms with Gasteiger partial charge in [0.25, 0.3) is 0 Å². The number of fused-ring (bicyclic) bond motifs is 1. The number of hydrogen-bond donors (Lipinski definition) is 1. The van der Waals surface area contributed by atoms with Gasteiger partial charge in [-0.25, -0.2) is 9.78 Å². The Kier molecular flexibility index (Phi) is 2.41. The SMILES string of the molecule is Cc1ccsc1-c1nc2c(C(=O)O)cccc2o1. The van der Waals surface area contributed by atoms with Crippen LogP contribution in [0.4, 0.5) is 0 Å². The highest BCUT2D eigenvalue weighted by Crippen LogP contribution is 2.31. The zero-order valence-corrected chi connectivity index (χ0v) is 10.3. The number of aryl methyl sites for hydroxylation is 1. The molecule has 90 valence electrons. The molecule has 0 saturated carbocycles. The van der Waals surface area contributed by atoms with Crippen LogP contribution in [-0.2, 0) is 0 Å². The van der Waals surface area contributed by atoms with Crippen LogP contribution in [0.5, 0.6) is 0 Å². The van der Waals surface area contributed by atoms with Gasteiger partial charge in [-0.2, -0.15) is 0 Å². The van der Waals surface area contributed by atoms with E-state index in [-0.39, 0.29) is 5.56 Å². The molecule has 0 unspecified atom stereocenters. The smallest absolute Gasteiger partial charge is 0.338 e. The number of nitrogens with zero attached hydrogens (tertiary/aromatic N) is 1. The molecule has 3 rings (SSSR count). The van der Waals surface area contributed by atoms with E-state index in [0.717, 1.165) is 10.4 Å². The highest BCUT2D eigenvalue weighted by atomic mass is 32.1. The second-order valence-corrected chi connectivity index (χ2v) is 4.83. The molecule has 0 aliphatic heterocycles. The van der Waals surface area contributed by atoms with E-state index in [1.807, 2.05) is 18.4 Å². The second-order valence-electron chi connectivity index (χ2n) is 3.91. The van der Waals surface area contributed by atoms with E-state index < -0.39 is 5.97 Å². The lowest BCUT2D eigenvalue weighted by atomic mass is 10.2. The fourth-order valence-electron chi connectivity index (χ4n) is 1.81. The molecule has 2 aromatic heterocycles. The Morgan fingerprint density at radius 3 is 2.89 bits per heavy atom. The van der Waals surface area contributed by atoms with E-state index in [4.69, 9.17) is 9.52 Å². The number of aromatic nitrogens is 1. The minimum absolute atomic E-state index is 0.164. The predicted molar refractivity (Wildman–Crippen MR) is 69.0 cm³/mol. The van der Waals surface area contributed by atoms with Gasteiger partial charge in [-0.1, -0.05) is 6.07 Å². The second kappa shape index (κ2) is 3.96. The molecule has 0 fully saturated rings. The van der Waals surface area contributed by atoms with Gasteiger partial charge in [0.2, 0.25) is 5.89 Å². The number of para-hydroxylation sites is 1. The summed E-state index contributed by atoms with van der Waals surface area (Å²) in [5.74, 6) is -0.519. The molecule has 0 bridgehead atoms. The number of oxazole rings is 1. The van der Waals surface area contributed by atoms with Crippen molar-refractivity contribution in [3.05, 3.63) is 40.8 Å². The van der Waals surface area contributed by atoms with Crippen LogP contribution in [0.15, 0.2) is 34.1 Å². The predicted octanol–water partition coefficient (Wildman–Crippen LogP) is 3.56. The summed E-state index contributed by atoms with van der Waals surface area (Å²) >= 11 is 1.53. The van der Waals surface area contributed by atoms with Gasteiger partial charge in [-0.15, -0.1) is 11.3 Å². The quantitative estimate of drug-likeness (QED) is 0.764. The number of carboxylic acid groups (broad SMARTS) is 1. The van der Waals surface area contributed by atoms with Crippen molar-refractivity contribution in [3.63, 3.8) is 0 Å². The summed E-state index contributed by atoms with van der Waals surface area (Å²) in [6.07, 6.45) is 0. The monoisotopic (exact) mass is 259 g/mol. The molecule has 1 N–H and O–H groups in total. The average molecular weight is 259 g/mol. The Balaban J connectivity index is 2.26. The van der Waals surface area contributed by atoms with E-state index in [1.54, 1.807) is 12.1 Å². The first-order valence-electron chi connectivity index (χ1n) is 5.34. The van der Waals surface area contributed by atoms with Gasteiger partial charge >= 0.3 is 5.97 Å². The van der Waals surface area contributed by atoms with Crippen molar-refractivity contribution >= 4 is 28.4 Å². The van der Waals surface area contributed by atoms with Crippen LogP contribution in [-0.4, -0.2) is 16.1 Å². The van der Waals surface area contributed by atoms with Crippen LogP contribution in [0.1, 0.15) is 15.9 Å². The summed E-state index contributed by atoms with van der Waals surface area (Å²) < 4.78 is 5.62. The maximum atomic E-state index is 11.1. The van der Waals surface area contributed by atoms with Crippen molar-refractivity contribution in [2.24, 2.45) is 0 Å². The fourth-order valence-corrected chi connectivity index (χ4v) is 2.66. The molecule has 0 atom stereocenters. The molecule has 0 saturated heterocycles. The van der Waals surface area contributed by atoms with Crippen LogP contribution in [0.25, 0.3) is 21.9 Å². The Hall–Kier alpha value is -2.14. The lowest BCUT2D eigenvalue weighted by Crippen LogP contribution is -1.96. The van der Waals surface area contributed by atoms with E-state index >= 15 is 0 Å². The number of thiophene rings is 1. The summed E-state index contributed by atoms with van der Waals surface area (Å²) in [5, 5.41) is 11.1. The molecule has 5 heteroatoms. The fraction of sp³-hybridized carbons (Fsp3) is 0.0769. The van der Waals surface area contributed by atoms with Crippen molar-refractivity contribution in [2.45, 2.75) is 6.92 Å². The van der Waals surface area contributed by atoms with Crippen molar-refractivity contribution in [3.8, 4) is 10.8 Å². The average Bonchev–Trinajstić information content (AvgIpc) is 2.92. The topological polar surface area (TPSA) is 63.3 Å². The third-order valence-corrected chi connectivity index (χ3v) is 3.71. The highest BCUT2D eigenvalue weighted by Gasteiger charge is 2.16. The Labute approximate surface area is 107 Å². The summed E-state index contributed by atoms with van der Waals surface area (Å²) in [6.45, 7) is 1.97. The molecule has 3 aromatic rings. The molecule has 0 amide bonds. The minimum Gasteiger partial charge on any atom is -0.478 e.